The maximum Gasteiger partial charge on any atom is 0.132 e. The van der Waals surface area contributed by atoms with Crippen LogP contribution in [0.3, 0.4) is 0 Å². The Labute approximate surface area is 107 Å². The van der Waals surface area contributed by atoms with Gasteiger partial charge in [-0.1, -0.05) is 12.1 Å². The summed E-state index contributed by atoms with van der Waals surface area (Å²) in [5, 5.41) is 3.09. The predicted octanol–water partition coefficient (Wildman–Crippen LogP) is 2.81. The lowest BCUT2D eigenvalue weighted by Gasteiger charge is -2.11. The van der Waals surface area contributed by atoms with Crippen molar-refractivity contribution in [1.82, 2.24) is 9.97 Å². The maximum atomic E-state index is 5.24. The summed E-state index contributed by atoms with van der Waals surface area (Å²) < 4.78 is 5.24. The SMILES string of the molecule is CNc1nc(C)nc(-c2cccc(OC)c2)c1C. The molecule has 18 heavy (non-hydrogen) atoms. The van der Waals surface area contributed by atoms with Gasteiger partial charge in [0.05, 0.1) is 12.8 Å². The highest BCUT2D eigenvalue weighted by Crippen LogP contribution is 2.27. The van der Waals surface area contributed by atoms with E-state index < -0.39 is 0 Å². The number of benzene rings is 1. The quantitative estimate of drug-likeness (QED) is 0.900. The number of methoxy groups -OCH3 is 1. The van der Waals surface area contributed by atoms with Crippen molar-refractivity contribution in [3.63, 3.8) is 0 Å². The molecule has 0 aliphatic rings. The molecule has 0 spiro atoms. The van der Waals surface area contributed by atoms with Crippen LogP contribution < -0.4 is 10.1 Å². The Kier molecular flexibility index (Phi) is 3.46. The molecule has 0 amide bonds. The Morgan fingerprint density at radius 3 is 2.61 bits per heavy atom. The summed E-state index contributed by atoms with van der Waals surface area (Å²) in [5.74, 6) is 2.44. The molecule has 1 N–H and O–H groups in total. The molecule has 0 bridgehead atoms. The number of nitrogens with zero attached hydrogens (tertiary/aromatic N) is 2. The second-order valence-electron chi connectivity index (χ2n) is 4.07. The second-order valence-corrected chi connectivity index (χ2v) is 4.07. The largest absolute Gasteiger partial charge is 0.497 e. The lowest BCUT2D eigenvalue weighted by Crippen LogP contribution is -2.02. The zero-order valence-corrected chi connectivity index (χ0v) is 11.1. The van der Waals surface area contributed by atoms with Crippen molar-refractivity contribution in [2.75, 3.05) is 19.5 Å². The molecule has 0 aliphatic heterocycles. The van der Waals surface area contributed by atoms with Gasteiger partial charge in [-0.15, -0.1) is 0 Å². The van der Waals surface area contributed by atoms with Gasteiger partial charge in [-0.25, -0.2) is 9.97 Å². The molecule has 0 fully saturated rings. The van der Waals surface area contributed by atoms with Gasteiger partial charge < -0.3 is 10.1 Å². The Balaban J connectivity index is 2.59. The highest BCUT2D eigenvalue weighted by atomic mass is 16.5. The molecule has 0 radical (unpaired) electrons. The Morgan fingerprint density at radius 1 is 1.17 bits per heavy atom. The highest BCUT2D eigenvalue weighted by molar-refractivity contribution is 5.69. The third kappa shape index (κ3) is 2.27. The van der Waals surface area contributed by atoms with Gasteiger partial charge in [-0.3, -0.25) is 0 Å². The van der Waals surface area contributed by atoms with Crippen molar-refractivity contribution < 1.29 is 4.74 Å². The van der Waals surface area contributed by atoms with Crippen LogP contribution in [0.15, 0.2) is 24.3 Å². The number of aryl methyl sites for hydroxylation is 1. The van der Waals surface area contributed by atoms with E-state index in [2.05, 4.69) is 15.3 Å². The van der Waals surface area contributed by atoms with E-state index in [1.54, 1.807) is 7.11 Å². The van der Waals surface area contributed by atoms with E-state index in [-0.39, 0.29) is 0 Å². The number of hydrogen-bond donors (Lipinski definition) is 1. The predicted molar refractivity (Wildman–Crippen MR) is 73.0 cm³/mol. The van der Waals surface area contributed by atoms with Crippen LogP contribution in [-0.4, -0.2) is 24.1 Å². The molecule has 0 aliphatic carbocycles. The van der Waals surface area contributed by atoms with E-state index in [1.807, 2.05) is 45.2 Å². The van der Waals surface area contributed by atoms with Crippen LogP contribution in [0, 0.1) is 13.8 Å². The molecule has 94 valence electrons. The Hall–Kier alpha value is -2.10. The molecule has 0 saturated heterocycles. The Morgan fingerprint density at radius 2 is 1.94 bits per heavy atom. The molecule has 2 aromatic rings. The summed E-state index contributed by atoms with van der Waals surface area (Å²) in [5.41, 5.74) is 3.01. The average Bonchev–Trinajstić information content (AvgIpc) is 2.41. The van der Waals surface area contributed by atoms with Crippen LogP contribution in [0.2, 0.25) is 0 Å². The summed E-state index contributed by atoms with van der Waals surface area (Å²) >= 11 is 0. The third-order valence-corrected chi connectivity index (χ3v) is 2.84. The van der Waals surface area contributed by atoms with Gasteiger partial charge in [0.1, 0.15) is 17.4 Å². The number of hydrogen-bond acceptors (Lipinski definition) is 4. The molecule has 2 rings (SSSR count). The van der Waals surface area contributed by atoms with Crippen LogP contribution in [-0.2, 0) is 0 Å². The van der Waals surface area contributed by atoms with Gasteiger partial charge >= 0.3 is 0 Å². The van der Waals surface area contributed by atoms with E-state index in [4.69, 9.17) is 4.74 Å². The zero-order valence-electron chi connectivity index (χ0n) is 11.1. The van der Waals surface area contributed by atoms with Crippen molar-refractivity contribution in [2.24, 2.45) is 0 Å². The van der Waals surface area contributed by atoms with Gasteiger partial charge in [-0.05, 0) is 26.0 Å². The van der Waals surface area contributed by atoms with Crippen molar-refractivity contribution in [2.45, 2.75) is 13.8 Å². The molecular formula is C14H17N3O. The lowest BCUT2D eigenvalue weighted by molar-refractivity contribution is 0.415. The number of ether oxygens (including phenoxy) is 1. The highest BCUT2D eigenvalue weighted by Gasteiger charge is 2.10. The number of rotatable bonds is 3. The molecule has 4 nitrogen and oxygen atoms in total. The fourth-order valence-electron chi connectivity index (χ4n) is 1.92. The van der Waals surface area contributed by atoms with Crippen LogP contribution >= 0.6 is 0 Å². The summed E-state index contributed by atoms with van der Waals surface area (Å²) in [7, 11) is 3.53. The van der Waals surface area contributed by atoms with E-state index in [0.717, 1.165) is 34.2 Å². The average molecular weight is 243 g/mol. The number of nitrogens with one attached hydrogen (secondary N) is 1. The van der Waals surface area contributed by atoms with Crippen LogP contribution in [0.4, 0.5) is 5.82 Å². The standard InChI is InChI=1S/C14H17N3O/c1-9-13(16-10(2)17-14(9)15-3)11-6-5-7-12(8-11)18-4/h5-8H,1-4H3,(H,15,16,17). The zero-order chi connectivity index (χ0) is 13.1. The molecular weight excluding hydrogens is 226 g/mol. The van der Waals surface area contributed by atoms with E-state index in [0.29, 0.717) is 0 Å². The van der Waals surface area contributed by atoms with E-state index in [1.165, 1.54) is 0 Å². The molecule has 4 heteroatoms. The van der Waals surface area contributed by atoms with Gasteiger partial charge in [0.25, 0.3) is 0 Å². The van der Waals surface area contributed by atoms with E-state index >= 15 is 0 Å². The maximum absolute atomic E-state index is 5.24. The van der Waals surface area contributed by atoms with Crippen molar-refractivity contribution >= 4 is 5.82 Å². The van der Waals surface area contributed by atoms with E-state index in [9.17, 15) is 0 Å². The van der Waals surface area contributed by atoms with Gasteiger partial charge in [0, 0.05) is 18.2 Å². The summed E-state index contributed by atoms with van der Waals surface area (Å²) in [6, 6.07) is 7.89. The third-order valence-electron chi connectivity index (χ3n) is 2.84. The smallest absolute Gasteiger partial charge is 0.132 e. The molecule has 1 aromatic heterocycles. The first kappa shape index (κ1) is 12.4. The topological polar surface area (TPSA) is 47.0 Å². The van der Waals surface area contributed by atoms with Crippen LogP contribution in [0.5, 0.6) is 5.75 Å². The number of anilines is 1. The van der Waals surface area contributed by atoms with Crippen LogP contribution in [0.1, 0.15) is 11.4 Å². The minimum absolute atomic E-state index is 0.753. The minimum Gasteiger partial charge on any atom is -0.497 e. The monoisotopic (exact) mass is 243 g/mol. The number of aromatic nitrogens is 2. The van der Waals surface area contributed by atoms with Gasteiger partial charge in [-0.2, -0.15) is 0 Å². The lowest BCUT2D eigenvalue weighted by atomic mass is 10.1. The van der Waals surface area contributed by atoms with Gasteiger partial charge in [0.15, 0.2) is 0 Å². The fraction of sp³-hybridized carbons (Fsp3) is 0.286. The van der Waals surface area contributed by atoms with Crippen molar-refractivity contribution in [3.05, 3.63) is 35.7 Å². The first-order chi connectivity index (χ1) is 8.65. The molecule has 0 saturated carbocycles. The summed E-state index contributed by atoms with van der Waals surface area (Å²) in [6.07, 6.45) is 0. The Bertz CT molecular complexity index is 567. The summed E-state index contributed by atoms with van der Waals surface area (Å²) in [6.45, 7) is 3.91. The van der Waals surface area contributed by atoms with Crippen molar-refractivity contribution in [1.29, 1.82) is 0 Å². The fourth-order valence-corrected chi connectivity index (χ4v) is 1.92. The summed E-state index contributed by atoms with van der Waals surface area (Å²) in [4.78, 5) is 8.89. The van der Waals surface area contributed by atoms with Crippen molar-refractivity contribution in [3.8, 4) is 17.0 Å². The molecule has 1 heterocycles. The minimum atomic E-state index is 0.753. The van der Waals surface area contributed by atoms with Crippen LogP contribution in [0.25, 0.3) is 11.3 Å². The molecule has 1 aromatic carbocycles. The molecule has 0 atom stereocenters. The molecule has 0 unspecified atom stereocenters. The second kappa shape index (κ2) is 5.04. The first-order valence-electron chi connectivity index (χ1n) is 5.83. The first-order valence-corrected chi connectivity index (χ1v) is 5.83. The van der Waals surface area contributed by atoms with Gasteiger partial charge in [0.2, 0.25) is 0 Å². The normalized spacial score (nSPS) is 10.2.